The van der Waals surface area contributed by atoms with Gasteiger partial charge in [0.25, 0.3) is 5.69 Å². The molecule has 5 heteroatoms. The molecular weight excluding hydrogens is 308 g/mol. The van der Waals surface area contributed by atoms with Crippen molar-refractivity contribution in [1.29, 1.82) is 0 Å². The lowest BCUT2D eigenvalue weighted by Crippen LogP contribution is -2.30. The summed E-state index contributed by atoms with van der Waals surface area (Å²) in [6, 6.07) is 5.34. The van der Waals surface area contributed by atoms with Crippen LogP contribution in [-0.2, 0) is 0 Å². The molecule has 2 atom stereocenters. The predicted octanol–water partition coefficient (Wildman–Crippen LogP) is 4.59. The van der Waals surface area contributed by atoms with Crippen molar-refractivity contribution in [2.75, 3.05) is 5.32 Å². The van der Waals surface area contributed by atoms with E-state index in [1.807, 2.05) is 0 Å². The topological polar surface area (TPSA) is 55.2 Å². The predicted molar refractivity (Wildman–Crippen MR) is 80.4 cm³/mol. The van der Waals surface area contributed by atoms with Gasteiger partial charge in [0.2, 0.25) is 0 Å². The van der Waals surface area contributed by atoms with Crippen LogP contribution in [-0.4, -0.2) is 11.0 Å². The number of anilines is 1. The molecule has 0 amide bonds. The van der Waals surface area contributed by atoms with Crippen molar-refractivity contribution in [3.63, 3.8) is 0 Å². The maximum absolute atomic E-state index is 10.7. The molecule has 0 aliphatic heterocycles. The minimum atomic E-state index is -0.376. The van der Waals surface area contributed by atoms with Gasteiger partial charge in [0.15, 0.2) is 0 Å². The second kappa shape index (κ2) is 5.90. The molecule has 4 nitrogen and oxygen atoms in total. The molecule has 2 rings (SSSR count). The maximum atomic E-state index is 10.7. The second-order valence-corrected chi connectivity index (χ2v) is 6.53. The molecule has 0 saturated heterocycles. The third kappa shape index (κ3) is 3.69. The first-order valence-electron chi connectivity index (χ1n) is 6.66. The van der Waals surface area contributed by atoms with Gasteiger partial charge in [0.1, 0.15) is 0 Å². The van der Waals surface area contributed by atoms with Crippen molar-refractivity contribution in [2.24, 2.45) is 11.8 Å². The summed E-state index contributed by atoms with van der Waals surface area (Å²) in [4.78, 5) is 10.3. The normalized spacial score (nSPS) is 27.0. The minimum Gasteiger partial charge on any atom is -0.381 e. The van der Waals surface area contributed by atoms with E-state index in [-0.39, 0.29) is 10.6 Å². The summed E-state index contributed by atoms with van der Waals surface area (Å²) >= 11 is 3.41. The van der Waals surface area contributed by atoms with Crippen molar-refractivity contribution >= 4 is 27.3 Å². The first kappa shape index (κ1) is 14.3. The Morgan fingerprint density at radius 3 is 2.42 bits per heavy atom. The minimum absolute atomic E-state index is 0.114. The Morgan fingerprint density at radius 2 is 1.89 bits per heavy atom. The second-order valence-electron chi connectivity index (χ2n) is 5.68. The van der Waals surface area contributed by atoms with Gasteiger partial charge in [0.05, 0.1) is 4.92 Å². The highest BCUT2D eigenvalue weighted by atomic mass is 79.9. The Bertz CT molecular complexity index is 469. The van der Waals surface area contributed by atoms with Crippen LogP contribution in [0.4, 0.5) is 11.4 Å². The summed E-state index contributed by atoms with van der Waals surface area (Å²) in [5.74, 6) is 1.47. The van der Waals surface area contributed by atoms with Crippen molar-refractivity contribution < 1.29 is 4.92 Å². The highest BCUT2D eigenvalue weighted by Crippen LogP contribution is 2.33. The van der Waals surface area contributed by atoms with Gasteiger partial charge in [-0.1, -0.05) is 13.8 Å². The number of hydrogen-bond acceptors (Lipinski definition) is 3. The van der Waals surface area contributed by atoms with Gasteiger partial charge in [-0.15, -0.1) is 0 Å². The van der Waals surface area contributed by atoms with Gasteiger partial charge >= 0.3 is 0 Å². The van der Waals surface area contributed by atoms with Crippen LogP contribution in [0.3, 0.4) is 0 Å². The largest absolute Gasteiger partial charge is 0.381 e. The lowest BCUT2D eigenvalue weighted by atomic mass is 9.80. The smallest absolute Gasteiger partial charge is 0.270 e. The summed E-state index contributed by atoms with van der Waals surface area (Å²) in [6.07, 6.45) is 3.61. The van der Waals surface area contributed by atoms with Crippen LogP contribution in [0.25, 0.3) is 0 Å². The number of nitro groups is 1. The third-order valence-corrected chi connectivity index (χ3v) is 4.36. The number of non-ortho nitro benzene ring substituents is 1. The highest BCUT2D eigenvalue weighted by molar-refractivity contribution is 9.10. The summed E-state index contributed by atoms with van der Waals surface area (Å²) in [6.45, 7) is 4.57. The maximum Gasteiger partial charge on any atom is 0.270 e. The standard InChI is InChI=1S/C14H19BrN2O2/c1-9-5-10(2)7-11(6-9)16-14-4-3-12(17(18)19)8-13(14)15/h3-4,8-11,16H,5-7H2,1-2H3. The summed E-state index contributed by atoms with van der Waals surface area (Å²) in [5, 5.41) is 14.2. The van der Waals surface area contributed by atoms with Crippen LogP contribution in [0.1, 0.15) is 33.1 Å². The van der Waals surface area contributed by atoms with E-state index < -0.39 is 0 Å². The molecule has 0 spiro atoms. The summed E-state index contributed by atoms with van der Waals surface area (Å²) in [5.41, 5.74) is 1.06. The van der Waals surface area contributed by atoms with Gasteiger partial charge < -0.3 is 5.32 Å². The average Bonchev–Trinajstić information content (AvgIpc) is 2.30. The molecule has 1 fully saturated rings. The van der Waals surface area contributed by atoms with Crippen LogP contribution in [0, 0.1) is 22.0 Å². The van der Waals surface area contributed by atoms with Crippen LogP contribution >= 0.6 is 15.9 Å². The first-order chi connectivity index (χ1) is 8.95. The summed E-state index contributed by atoms with van der Waals surface area (Å²) in [7, 11) is 0. The van der Waals surface area contributed by atoms with E-state index in [9.17, 15) is 10.1 Å². The molecule has 1 aliphatic rings. The van der Waals surface area contributed by atoms with E-state index in [4.69, 9.17) is 0 Å². The monoisotopic (exact) mass is 326 g/mol. The molecule has 0 heterocycles. The van der Waals surface area contributed by atoms with E-state index in [2.05, 4.69) is 35.1 Å². The zero-order valence-electron chi connectivity index (χ0n) is 11.2. The van der Waals surface area contributed by atoms with E-state index >= 15 is 0 Å². The van der Waals surface area contributed by atoms with Crippen molar-refractivity contribution in [2.45, 2.75) is 39.2 Å². The molecule has 1 aromatic carbocycles. The van der Waals surface area contributed by atoms with Crippen LogP contribution < -0.4 is 5.32 Å². The number of rotatable bonds is 3. The number of nitro benzene ring substituents is 1. The molecule has 2 unspecified atom stereocenters. The highest BCUT2D eigenvalue weighted by Gasteiger charge is 2.24. The summed E-state index contributed by atoms with van der Waals surface area (Å²) < 4.78 is 0.757. The van der Waals surface area contributed by atoms with Gasteiger partial charge in [-0.05, 0) is 53.1 Å². The molecule has 19 heavy (non-hydrogen) atoms. The fourth-order valence-corrected chi connectivity index (χ4v) is 3.50. The average molecular weight is 327 g/mol. The van der Waals surface area contributed by atoms with Crippen molar-refractivity contribution in [3.05, 3.63) is 32.8 Å². The molecule has 104 valence electrons. The first-order valence-corrected chi connectivity index (χ1v) is 7.45. The van der Waals surface area contributed by atoms with Gasteiger partial charge in [-0.3, -0.25) is 10.1 Å². The van der Waals surface area contributed by atoms with E-state index in [1.54, 1.807) is 18.2 Å². The molecule has 1 N–H and O–H groups in total. The van der Waals surface area contributed by atoms with Crippen molar-refractivity contribution in [1.82, 2.24) is 0 Å². The van der Waals surface area contributed by atoms with Gasteiger partial charge in [-0.2, -0.15) is 0 Å². The zero-order chi connectivity index (χ0) is 14.0. The fourth-order valence-electron chi connectivity index (χ4n) is 3.02. The number of nitrogens with one attached hydrogen (secondary N) is 1. The number of halogens is 1. The lowest BCUT2D eigenvalue weighted by molar-refractivity contribution is -0.384. The fraction of sp³-hybridized carbons (Fsp3) is 0.571. The van der Waals surface area contributed by atoms with Crippen LogP contribution in [0.15, 0.2) is 22.7 Å². The van der Waals surface area contributed by atoms with E-state index in [0.29, 0.717) is 6.04 Å². The van der Waals surface area contributed by atoms with Crippen LogP contribution in [0.5, 0.6) is 0 Å². The SMILES string of the molecule is CC1CC(C)CC(Nc2ccc([N+](=O)[O-])cc2Br)C1. The Labute approximate surface area is 121 Å². The van der Waals surface area contributed by atoms with Crippen molar-refractivity contribution in [3.8, 4) is 0 Å². The van der Waals surface area contributed by atoms with E-state index in [0.717, 1.165) is 34.8 Å². The third-order valence-electron chi connectivity index (χ3n) is 3.70. The van der Waals surface area contributed by atoms with E-state index in [1.165, 1.54) is 6.42 Å². The molecule has 0 bridgehead atoms. The van der Waals surface area contributed by atoms with Gasteiger partial charge in [0, 0.05) is 28.3 Å². The molecule has 0 radical (unpaired) electrons. The number of benzene rings is 1. The Morgan fingerprint density at radius 1 is 1.26 bits per heavy atom. The molecule has 1 saturated carbocycles. The number of hydrogen-bond donors (Lipinski definition) is 1. The molecular formula is C14H19BrN2O2. The van der Waals surface area contributed by atoms with Gasteiger partial charge in [-0.25, -0.2) is 0 Å². The molecule has 1 aromatic rings. The molecule has 0 aromatic heterocycles. The zero-order valence-corrected chi connectivity index (χ0v) is 12.8. The number of nitrogens with zero attached hydrogens (tertiary/aromatic N) is 1. The van der Waals surface area contributed by atoms with Crippen LogP contribution in [0.2, 0.25) is 0 Å². The Hall–Kier alpha value is -1.10. The Balaban J connectivity index is 2.08. The quantitative estimate of drug-likeness (QED) is 0.652. The molecule has 1 aliphatic carbocycles. The lowest BCUT2D eigenvalue weighted by Gasteiger charge is -2.32. The Kier molecular flexibility index (Phi) is 4.45.